The molecule has 0 aliphatic heterocycles. The second-order valence-electron chi connectivity index (χ2n) is 6.72. The van der Waals surface area contributed by atoms with Crippen molar-refractivity contribution < 1.29 is 23.8 Å². The highest BCUT2D eigenvalue weighted by molar-refractivity contribution is 5.99. The van der Waals surface area contributed by atoms with Crippen LogP contribution in [0.2, 0.25) is 0 Å². The van der Waals surface area contributed by atoms with Crippen LogP contribution in [-0.2, 0) is 14.3 Å². The summed E-state index contributed by atoms with van der Waals surface area (Å²) in [6, 6.07) is 4.98. The molecule has 1 aliphatic carbocycles. The van der Waals surface area contributed by atoms with Gasteiger partial charge in [-0.1, -0.05) is 13.3 Å². The zero-order chi connectivity index (χ0) is 19.2. The van der Waals surface area contributed by atoms with E-state index in [1.165, 1.54) is 7.11 Å². The highest BCUT2D eigenvalue weighted by Gasteiger charge is 2.42. The average Bonchev–Trinajstić information content (AvgIpc) is 2.62. The Hall–Kier alpha value is -2.08. The first-order valence-corrected chi connectivity index (χ1v) is 9.26. The number of ether oxygens (including phenoxy) is 3. The molecule has 0 aromatic heterocycles. The third-order valence-corrected chi connectivity index (χ3v) is 4.73. The molecule has 0 saturated heterocycles. The summed E-state index contributed by atoms with van der Waals surface area (Å²) < 4.78 is 16.2. The molecule has 1 aromatic carbocycles. The molecule has 0 unspecified atom stereocenters. The van der Waals surface area contributed by atoms with Crippen LogP contribution in [0.1, 0.15) is 56.8 Å². The average molecular weight is 363 g/mol. The first-order chi connectivity index (χ1) is 12.5. The van der Waals surface area contributed by atoms with Crippen molar-refractivity contribution in [2.75, 3.05) is 25.6 Å². The van der Waals surface area contributed by atoms with Gasteiger partial charge in [0.15, 0.2) is 0 Å². The number of carbonyl (C=O) groups excluding carboxylic acids is 2. The molecule has 1 amide bonds. The number of rotatable bonds is 7. The minimum absolute atomic E-state index is 0.161. The van der Waals surface area contributed by atoms with Gasteiger partial charge in [-0.2, -0.15) is 0 Å². The molecular formula is C20H29NO5. The maximum Gasteiger partial charge on any atom is 0.341 e. The summed E-state index contributed by atoms with van der Waals surface area (Å²) >= 11 is 0. The van der Waals surface area contributed by atoms with Crippen molar-refractivity contribution in [3.63, 3.8) is 0 Å². The van der Waals surface area contributed by atoms with Gasteiger partial charge in [0.1, 0.15) is 16.9 Å². The van der Waals surface area contributed by atoms with Crippen LogP contribution in [-0.4, -0.2) is 37.8 Å². The predicted octanol–water partition coefficient (Wildman–Crippen LogP) is 3.80. The third kappa shape index (κ3) is 4.55. The standard InChI is InChI=1S/C20H29NO5/c1-5-25-17-10-9-15(12-16(17)18(22)24-4)21-19(23)20(26-6-2)11-7-8-14(3)13-20/h9-10,12,14H,5-8,11,13H2,1-4H3,(H,21,23)/t14-,20+/m0/s1. The number of amides is 1. The Balaban J connectivity index is 2.25. The smallest absolute Gasteiger partial charge is 0.341 e. The van der Waals surface area contributed by atoms with Crippen LogP contribution < -0.4 is 10.1 Å². The predicted molar refractivity (Wildman–Crippen MR) is 99.6 cm³/mol. The second-order valence-corrected chi connectivity index (χ2v) is 6.72. The van der Waals surface area contributed by atoms with E-state index in [-0.39, 0.29) is 11.5 Å². The maximum atomic E-state index is 13.0. The van der Waals surface area contributed by atoms with Crippen molar-refractivity contribution in [2.45, 2.75) is 52.1 Å². The van der Waals surface area contributed by atoms with E-state index in [9.17, 15) is 9.59 Å². The number of nitrogens with one attached hydrogen (secondary N) is 1. The van der Waals surface area contributed by atoms with Crippen LogP contribution in [0.4, 0.5) is 5.69 Å². The lowest BCUT2D eigenvalue weighted by Gasteiger charge is -2.38. The molecule has 0 radical (unpaired) electrons. The van der Waals surface area contributed by atoms with E-state index in [4.69, 9.17) is 14.2 Å². The quantitative estimate of drug-likeness (QED) is 0.746. The zero-order valence-electron chi connectivity index (χ0n) is 16.1. The van der Waals surface area contributed by atoms with Gasteiger partial charge in [-0.15, -0.1) is 0 Å². The Morgan fingerprint density at radius 2 is 2.04 bits per heavy atom. The fourth-order valence-electron chi connectivity index (χ4n) is 3.59. The van der Waals surface area contributed by atoms with Crippen LogP contribution in [0, 0.1) is 5.92 Å². The summed E-state index contributed by atoms with van der Waals surface area (Å²) in [5, 5.41) is 2.92. The van der Waals surface area contributed by atoms with Gasteiger partial charge in [-0.05, 0) is 57.2 Å². The number of hydrogen-bond acceptors (Lipinski definition) is 5. The molecule has 0 bridgehead atoms. The van der Waals surface area contributed by atoms with Crippen LogP contribution in [0.3, 0.4) is 0 Å². The van der Waals surface area contributed by atoms with Crippen LogP contribution in [0.5, 0.6) is 5.75 Å². The van der Waals surface area contributed by atoms with Gasteiger partial charge in [0.2, 0.25) is 0 Å². The molecular weight excluding hydrogens is 334 g/mol. The lowest BCUT2D eigenvalue weighted by molar-refractivity contribution is -0.147. The molecule has 6 heteroatoms. The molecule has 2 rings (SSSR count). The molecule has 26 heavy (non-hydrogen) atoms. The first-order valence-electron chi connectivity index (χ1n) is 9.26. The van der Waals surface area contributed by atoms with Crippen molar-refractivity contribution in [3.8, 4) is 5.75 Å². The Morgan fingerprint density at radius 1 is 1.27 bits per heavy atom. The van der Waals surface area contributed by atoms with Crippen molar-refractivity contribution in [2.24, 2.45) is 5.92 Å². The molecule has 6 nitrogen and oxygen atoms in total. The zero-order valence-corrected chi connectivity index (χ0v) is 16.1. The molecule has 1 saturated carbocycles. The maximum absolute atomic E-state index is 13.0. The SMILES string of the molecule is CCOc1ccc(NC(=O)[C@@]2(OCC)CCC[C@H](C)C2)cc1C(=O)OC. The van der Waals surface area contributed by atoms with E-state index in [2.05, 4.69) is 12.2 Å². The lowest BCUT2D eigenvalue weighted by atomic mass is 9.78. The largest absolute Gasteiger partial charge is 0.493 e. The van der Waals surface area contributed by atoms with Gasteiger partial charge in [0.25, 0.3) is 5.91 Å². The number of methoxy groups -OCH3 is 1. The fourth-order valence-corrected chi connectivity index (χ4v) is 3.59. The van der Waals surface area contributed by atoms with Crippen LogP contribution in [0.25, 0.3) is 0 Å². The van der Waals surface area contributed by atoms with Crippen molar-refractivity contribution in [1.82, 2.24) is 0 Å². The van der Waals surface area contributed by atoms with Gasteiger partial charge >= 0.3 is 5.97 Å². The molecule has 1 aromatic rings. The summed E-state index contributed by atoms with van der Waals surface area (Å²) in [7, 11) is 1.32. The van der Waals surface area contributed by atoms with E-state index in [1.807, 2.05) is 13.8 Å². The van der Waals surface area contributed by atoms with Crippen LogP contribution in [0.15, 0.2) is 18.2 Å². The monoisotopic (exact) mass is 363 g/mol. The molecule has 2 atom stereocenters. The normalized spacial score (nSPS) is 22.5. The van der Waals surface area contributed by atoms with Crippen molar-refractivity contribution in [3.05, 3.63) is 23.8 Å². The summed E-state index contributed by atoms with van der Waals surface area (Å²) in [5.41, 5.74) is 0.00182. The molecule has 0 spiro atoms. The topological polar surface area (TPSA) is 73.9 Å². The van der Waals surface area contributed by atoms with Crippen molar-refractivity contribution >= 4 is 17.6 Å². The minimum Gasteiger partial charge on any atom is -0.493 e. The molecule has 1 fully saturated rings. The summed E-state index contributed by atoms with van der Waals surface area (Å²) in [4.78, 5) is 25.0. The van der Waals surface area contributed by atoms with E-state index in [0.29, 0.717) is 43.4 Å². The second kappa shape index (κ2) is 9.03. The van der Waals surface area contributed by atoms with Gasteiger partial charge in [0, 0.05) is 12.3 Å². The van der Waals surface area contributed by atoms with Gasteiger partial charge in [-0.25, -0.2) is 4.79 Å². The fraction of sp³-hybridized carbons (Fsp3) is 0.600. The third-order valence-electron chi connectivity index (χ3n) is 4.73. The Labute approximate surface area is 155 Å². The van der Waals surface area contributed by atoms with E-state index < -0.39 is 11.6 Å². The Bertz CT molecular complexity index is 641. The molecule has 0 heterocycles. The highest BCUT2D eigenvalue weighted by Crippen LogP contribution is 2.36. The molecule has 1 N–H and O–H groups in total. The van der Waals surface area contributed by atoms with Gasteiger partial charge in [0.05, 0.1) is 13.7 Å². The van der Waals surface area contributed by atoms with E-state index in [0.717, 1.165) is 12.8 Å². The Morgan fingerprint density at radius 3 is 2.65 bits per heavy atom. The van der Waals surface area contributed by atoms with Gasteiger partial charge < -0.3 is 19.5 Å². The Kier molecular flexibility index (Phi) is 7.03. The lowest BCUT2D eigenvalue weighted by Crippen LogP contribution is -2.48. The van der Waals surface area contributed by atoms with E-state index in [1.54, 1.807) is 18.2 Å². The first kappa shape index (κ1) is 20.2. The molecule has 1 aliphatic rings. The van der Waals surface area contributed by atoms with Crippen LogP contribution >= 0.6 is 0 Å². The number of anilines is 1. The highest BCUT2D eigenvalue weighted by atomic mass is 16.5. The van der Waals surface area contributed by atoms with Gasteiger partial charge in [-0.3, -0.25) is 4.79 Å². The molecule has 144 valence electrons. The summed E-state index contributed by atoms with van der Waals surface area (Å²) in [5.74, 6) is 0.205. The number of hydrogen-bond donors (Lipinski definition) is 1. The minimum atomic E-state index is -0.809. The summed E-state index contributed by atoms with van der Waals surface area (Å²) in [6.45, 7) is 6.80. The van der Waals surface area contributed by atoms with E-state index >= 15 is 0 Å². The summed E-state index contributed by atoms with van der Waals surface area (Å²) in [6.07, 6.45) is 3.48. The number of benzene rings is 1. The van der Waals surface area contributed by atoms with Crippen molar-refractivity contribution in [1.29, 1.82) is 0 Å². The number of carbonyl (C=O) groups is 2. The number of esters is 1.